The number of amides is 4. The number of H-pyrrole nitrogens is 1. The van der Waals surface area contributed by atoms with Crippen molar-refractivity contribution in [2.45, 2.75) is 83.8 Å². The van der Waals surface area contributed by atoms with Gasteiger partial charge in [0.15, 0.2) is 0 Å². The Labute approximate surface area is 283 Å². The van der Waals surface area contributed by atoms with Crippen molar-refractivity contribution in [1.82, 2.24) is 20.5 Å². The molecule has 6 N–H and O–H groups in total. The van der Waals surface area contributed by atoms with Crippen molar-refractivity contribution in [2.24, 2.45) is 17.6 Å². The maximum Gasteiger partial charge on any atom is 0.407 e. The third-order valence-electron chi connectivity index (χ3n) is 9.52. The maximum atomic E-state index is 14.4. The molecule has 0 fully saturated rings. The summed E-state index contributed by atoms with van der Waals surface area (Å²) >= 11 is 12.8. The lowest BCUT2D eigenvalue weighted by Gasteiger charge is -2.41. The Kier molecular flexibility index (Phi) is 11.4. The first-order chi connectivity index (χ1) is 22.2. The average molecular weight is 691 g/mol. The smallest absolute Gasteiger partial charge is 0.407 e. The molecule has 1 aliphatic rings. The van der Waals surface area contributed by atoms with Crippen LogP contribution < -0.4 is 16.4 Å². The van der Waals surface area contributed by atoms with Crippen LogP contribution in [0.4, 0.5) is 9.18 Å². The molecule has 3 aromatic rings. The second-order valence-corrected chi connectivity index (χ2v) is 13.4. The van der Waals surface area contributed by atoms with E-state index in [1.165, 1.54) is 6.07 Å². The topological polar surface area (TPSA) is 158 Å². The maximum absolute atomic E-state index is 14.4. The third kappa shape index (κ3) is 7.67. The summed E-state index contributed by atoms with van der Waals surface area (Å²) in [6.07, 6.45) is 0.179. The molecule has 0 radical (unpaired) electrons. The van der Waals surface area contributed by atoms with Crippen LogP contribution in [0.15, 0.2) is 36.4 Å². The van der Waals surface area contributed by atoms with Crippen LogP contribution in [0.1, 0.15) is 63.8 Å². The standard InChI is InChI=1S/C34H42Cl2FN5O5/c1-5-18(3)27(30(38)43)40-32(45)34(13-11-26-23(17-34)22-15-21(35)16-24(36)28(22)39-26)41-31(44)29(19(4)6-2)42(33(46)47)14-12-20-9-7-8-10-25(20)37/h7-10,15-16,18-19,27,29,39H,5-6,11-14,17H2,1-4H3,(H2,38,43)(H,40,45)(H,41,44)(H,46,47)/t18?,19?,27-,29-,34+/m0/s1. The van der Waals surface area contributed by atoms with Gasteiger partial charge in [0, 0.05) is 29.1 Å². The van der Waals surface area contributed by atoms with Gasteiger partial charge >= 0.3 is 6.09 Å². The zero-order valence-electron chi connectivity index (χ0n) is 27.0. The zero-order chi connectivity index (χ0) is 34.6. The number of nitrogens with zero attached hydrogens (tertiary/aromatic N) is 1. The van der Waals surface area contributed by atoms with Crippen molar-refractivity contribution in [2.75, 3.05) is 6.54 Å². The molecule has 254 valence electrons. The molecule has 1 aromatic heterocycles. The molecule has 2 aromatic carbocycles. The Balaban J connectivity index is 1.76. The van der Waals surface area contributed by atoms with Crippen molar-refractivity contribution < 1.29 is 28.7 Å². The first kappa shape index (κ1) is 36.0. The summed E-state index contributed by atoms with van der Waals surface area (Å²) in [6.45, 7) is 7.10. The third-order valence-corrected chi connectivity index (χ3v) is 10.0. The van der Waals surface area contributed by atoms with Crippen LogP contribution in [-0.2, 0) is 33.6 Å². The van der Waals surface area contributed by atoms with Crippen molar-refractivity contribution in [3.8, 4) is 0 Å². The lowest BCUT2D eigenvalue weighted by molar-refractivity contribution is -0.139. The SMILES string of the molecule is CCC(C)[C@H](NC(=O)[C@@]1(NC(=O)[C@H](C(C)CC)N(CCc2ccccc2F)C(=O)O)CCc2[nH]c3c(Cl)cc(Cl)cc3c2C1)C(N)=O. The fraction of sp³-hybridized carbons (Fsp3) is 0.471. The number of carboxylic acid groups (broad SMARTS) is 1. The van der Waals surface area contributed by atoms with E-state index >= 15 is 0 Å². The van der Waals surface area contributed by atoms with Crippen molar-refractivity contribution in [3.63, 3.8) is 0 Å². The van der Waals surface area contributed by atoms with Crippen LogP contribution in [0.3, 0.4) is 0 Å². The molecule has 4 amide bonds. The number of rotatable bonds is 13. The normalized spacial score (nSPS) is 18.4. The van der Waals surface area contributed by atoms with E-state index in [2.05, 4.69) is 15.6 Å². The molecule has 0 saturated heterocycles. The Morgan fingerprint density at radius 3 is 2.40 bits per heavy atom. The number of halogens is 3. The number of hydrogen-bond acceptors (Lipinski definition) is 4. The van der Waals surface area contributed by atoms with Gasteiger partial charge in [0.2, 0.25) is 17.7 Å². The molecule has 5 atom stereocenters. The van der Waals surface area contributed by atoms with E-state index < -0.39 is 53.2 Å². The van der Waals surface area contributed by atoms with E-state index in [0.717, 1.165) is 16.2 Å². The summed E-state index contributed by atoms with van der Waals surface area (Å²) < 4.78 is 14.4. The van der Waals surface area contributed by atoms with E-state index in [0.29, 0.717) is 45.8 Å². The molecule has 0 spiro atoms. The zero-order valence-corrected chi connectivity index (χ0v) is 28.5. The first-order valence-electron chi connectivity index (χ1n) is 15.9. The number of primary amides is 1. The number of hydrogen-bond donors (Lipinski definition) is 5. The van der Waals surface area contributed by atoms with Crippen LogP contribution in [0.2, 0.25) is 10.0 Å². The lowest BCUT2D eigenvalue weighted by atomic mass is 9.78. The highest BCUT2D eigenvalue weighted by Gasteiger charge is 2.47. The number of aromatic nitrogens is 1. The molecule has 0 saturated carbocycles. The Morgan fingerprint density at radius 2 is 1.79 bits per heavy atom. The summed E-state index contributed by atoms with van der Waals surface area (Å²) in [6, 6.07) is 7.20. The van der Waals surface area contributed by atoms with Crippen molar-refractivity contribution in [3.05, 3.63) is 69.1 Å². The second kappa shape index (κ2) is 14.9. The highest BCUT2D eigenvalue weighted by molar-refractivity contribution is 6.38. The van der Waals surface area contributed by atoms with Crippen molar-refractivity contribution in [1.29, 1.82) is 0 Å². The minimum Gasteiger partial charge on any atom is -0.465 e. The molecule has 13 heteroatoms. The summed E-state index contributed by atoms with van der Waals surface area (Å²) in [5, 5.41) is 17.5. The molecule has 10 nitrogen and oxygen atoms in total. The number of fused-ring (bicyclic) bond motifs is 3. The van der Waals surface area contributed by atoms with Crippen molar-refractivity contribution >= 4 is 57.9 Å². The number of aryl methyl sites for hydroxylation is 1. The van der Waals surface area contributed by atoms with Gasteiger partial charge in [-0.1, -0.05) is 81.9 Å². The fourth-order valence-electron chi connectivity index (χ4n) is 6.37. The Hall–Kier alpha value is -3.83. The molecule has 1 heterocycles. The summed E-state index contributed by atoms with van der Waals surface area (Å²) in [4.78, 5) is 58.1. The van der Waals surface area contributed by atoms with Gasteiger partial charge in [-0.15, -0.1) is 0 Å². The minimum absolute atomic E-state index is 0.0120. The van der Waals surface area contributed by atoms with Crippen LogP contribution in [0, 0.1) is 17.7 Å². The average Bonchev–Trinajstić information content (AvgIpc) is 3.39. The van der Waals surface area contributed by atoms with Crippen LogP contribution >= 0.6 is 23.2 Å². The number of aromatic amines is 1. The summed E-state index contributed by atoms with van der Waals surface area (Å²) in [7, 11) is 0. The van der Waals surface area contributed by atoms with E-state index in [4.69, 9.17) is 28.9 Å². The van der Waals surface area contributed by atoms with Crippen LogP contribution in [0.25, 0.3) is 10.9 Å². The second-order valence-electron chi connectivity index (χ2n) is 12.5. The van der Waals surface area contributed by atoms with Gasteiger partial charge < -0.3 is 26.5 Å². The molecule has 1 aliphatic carbocycles. The number of benzene rings is 2. The van der Waals surface area contributed by atoms with Gasteiger partial charge in [-0.05, 0) is 60.4 Å². The van der Waals surface area contributed by atoms with Crippen LogP contribution in [-0.4, -0.2) is 63.0 Å². The first-order valence-corrected chi connectivity index (χ1v) is 16.6. The predicted molar refractivity (Wildman–Crippen MR) is 180 cm³/mol. The van der Waals surface area contributed by atoms with E-state index in [1.807, 2.05) is 13.8 Å². The molecular formula is C34H42Cl2FN5O5. The number of carbonyl (C=O) groups is 4. The highest BCUT2D eigenvalue weighted by Crippen LogP contribution is 2.38. The Bertz CT molecular complexity index is 1670. The van der Waals surface area contributed by atoms with Gasteiger partial charge in [0.1, 0.15) is 23.4 Å². The van der Waals surface area contributed by atoms with Gasteiger partial charge in [0.25, 0.3) is 0 Å². The monoisotopic (exact) mass is 689 g/mol. The molecule has 0 aliphatic heterocycles. The number of carbonyl (C=O) groups excluding carboxylic acids is 3. The van der Waals surface area contributed by atoms with Gasteiger partial charge in [-0.3, -0.25) is 19.3 Å². The molecular weight excluding hydrogens is 648 g/mol. The van der Waals surface area contributed by atoms with Gasteiger partial charge in [0.05, 0.1) is 10.5 Å². The molecule has 0 bridgehead atoms. The highest BCUT2D eigenvalue weighted by atomic mass is 35.5. The minimum atomic E-state index is -1.59. The summed E-state index contributed by atoms with van der Waals surface area (Å²) in [5.41, 5.74) is 6.62. The number of nitrogens with two attached hydrogens (primary N) is 1. The molecule has 4 rings (SSSR count). The quantitative estimate of drug-likeness (QED) is 0.158. The fourth-order valence-corrected chi connectivity index (χ4v) is 6.91. The van der Waals surface area contributed by atoms with E-state index in [1.54, 1.807) is 44.2 Å². The largest absolute Gasteiger partial charge is 0.465 e. The summed E-state index contributed by atoms with van der Waals surface area (Å²) in [5.74, 6) is -3.22. The molecule has 2 unspecified atom stereocenters. The van der Waals surface area contributed by atoms with Crippen LogP contribution in [0.5, 0.6) is 0 Å². The number of nitrogens with one attached hydrogen (secondary N) is 3. The van der Waals surface area contributed by atoms with E-state index in [9.17, 15) is 28.7 Å². The van der Waals surface area contributed by atoms with Gasteiger partial charge in [-0.2, -0.15) is 0 Å². The predicted octanol–water partition coefficient (Wildman–Crippen LogP) is 5.61. The Morgan fingerprint density at radius 1 is 1.11 bits per heavy atom. The van der Waals surface area contributed by atoms with Gasteiger partial charge in [-0.25, -0.2) is 9.18 Å². The lowest BCUT2D eigenvalue weighted by Crippen LogP contribution is -2.67. The molecule has 47 heavy (non-hydrogen) atoms. The van der Waals surface area contributed by atoms with E-state index in [-0.39, 0.29) is 31.7 Å².